The van der Waals surface area contributed by atoms with E-state index in [1.54, 1.807) is 0 Å². The molecule has 0 saturated heterocycles. The van der Waals surface area contributed by atoms with Gasteiger partial charge in [-0.2, -0.15) is 26.3 Å². The minimum absolute atomic E-state index is 0.00342. The number of alkyl halides is 6. The van der Waals surface area contributed by atoms with Crippen molar-refractivity contribution in [3.05, 3.63) is 46.9 Å². The number of imidazole rings is 1. The summed E-state index contributed by atoms with van der Waals surface area (Å²) in [4.78, 5) is 14.3. The van der Waals surface area contributed by atoms with Gasteiger partial charge in [-0.15, -0.1) is 0 Å². The number of aromatic carboxylic acids is 1. The van der Waals surface area contributed by atoms with Crippen molar-refractivity contribution < 1.29 is 36.2 Å². The lowest BCUT2D eigenvalue weighted by molar-refractivity contribution is -0.143. The van der Waals surface area contributed by atoms with Gasteiger partial charge in [-0.1, -0.05) is 0 Å². The number of nitrogen functional groups attached to an aromatic ring is 1. The summed E-state index contributed by atoms with van der Waals surface area (Å²) in [6, 6.07) is 1.08. The number of nitrogens with two attached hydrogens (primary N) is 1. The van der Waals surface area contributed by atoms with Crippen LogP contribution in [0, 0.1) is 0 Å². The average molecular weight is 353 g/mol. The molecule has 0 fully saturated rings. The first-order chi connectivity index (χ1) is 10.9. The molecule has 130 valence electrons. The smallest absolute Gasteiger partial charge is 0.416 e. The lowest BCUT2D eigenvalue weighted by Crippen LogP contribution is -2.13. The van der Waals surface area contributed by atoms with E-state index in [9.17, 15) is 31.1 Å². The van der Waals surface area contributed by atoms with Crippen LogP contribution < -0.4 is 5.73 Å². The van der Waals surface area contributed by atoms with Gasteiger partial charge < -0.3 is 15.4 Å². The van der Waals surface area contributed by atoms with E-state index in [0.717, 1.165) is 10.9 Å². The summed E-state index contributed by atoms with van der Waals surface area (Å²) in [5.41, 5.74) is 1.65. The van der Waals surface area contributed by atoms with E-state index in [1.165, 1.54) is 0 Å². The van der Waals surface area contributed by atoms with Crippen LogP contribution in [0.1, 0.15) is 27.2 Å². The van der Waals surface area contributed by atoms with Gasteiger partial charge in [0.15, 0.2) is 5.69 Å². The second-order valence-electron chi connectivity index (χ2n) is 4.83. The zero-order chi connectivity index (χ0) is 18.3. The van der Waals surface area contributed by atoms with E-state index in [1.807, 2.05) is 0 Å². The van der Waals surface area contributed by atoms with E-state index in [4.69, 9.17) is 10.8 Å². The first kappa shape index (κ1) is 17.6. The fraction of sp³-hybridized carbons (Fsp3) is 0.231. The SMILES string of the molecule is Nc1c(C(=O)O)ncn1Cc1cc(C(F)(F)F)cc(C(F)(F)F)c1. The van der Waals surface area contributed by atoms with Crippen molar-refractivity contribution in [2.45, 2.75) is 18.9 Å². The van der Waals surface area contributed by atoms with Crippen LogP contribution in [0.15, 0.2) is 24.5 Å². The molecule has 5 nitrogen and oxygen atoms in total. The molecule has 11 heteroatoms. The second-order valence-corrected chi connectivity index (χ2v) is 4.83. The van der Waals surface area contributed by atoms with Crippen LogP contribution in [0.5, 0.6) is 0 Å². The molecule has 0 atom stereocenters. The zero-order valence-corrected chi connectivity index (χ0v) is 11.6. The normalized spacial score (nSPS) is 12.4. The molecule has 2 rings (SSSR count). The average Bonchev–Trinajstić information content (AvgIpc) is 2.78. The highest BCUT2D eigenvalue weighted by Gasteiger charge is 2.36. The largest absolute Gasteiger partial charge is 0.476 e. The Bertz CT molecular complexity index is 747. The molecule has 0 aliphatic carbocycles. The fourth-order valence-corrected chi connectivity index (χ4v) is 1.99. The summed E-state index contributed by atoms with van der Waals surface area (Å²) in [5.74, 6) is -1.85. The van der Waals surface area contributed by atoms with Gasteiger partial charge in [-0.3, -0.25) is 0 Å². The molecular formula is C13H9F6N3O2. The van der Waals surface area contributed by atoms with E-state index >= 15 is 0 Å². The molecule has 1 aromatic heterocycles. The Morgan fingerprint density at radius 1 is 1.08 bits per heavy atom. The van der Waals surface area contributed by atoms with Crippen molar-refractivity contribution in [1.29, 1.82) is 0 Å². The van der Waals surface area contributed by atoms with Crippen molar-refractivity contribution >= 4 is 11.8 Å². The van der Waals surface area contributed by atoms with Gasteiger partial charge in [-0.25, -0.2) is 9.78 Å². The van der Waals surface area contributed by atoms with E-state index in [-0.39, 0.29) is 17.4 Å². The molecule has 0 spiro atoms. The van der Waals surface area contributed by atoms with Crippen LogP contribution in [0.3, 0.4) is 0 Å². The van der Waals surface area contributed by atoms with E-state index < -0.39 is 41.7 Å². The van der Waals surface area contributed by atoms with Crippen molar-refractivity contribution in [1.82, 2.24) is 9.55 Å². The monoisotopic (exact) mass is 353 g/mol. The van der Waals surface area contributed by atoms with E-state index in [2.05, 4.69) is 4.98 Å². The van der Waals surface area contributed by atoms with Gasteiger partial charge in [0.25, 0.3) is 0 Å². The predicted octanol–water partition coefficient (Wildman–Crippen LogP) is 3.25. The summed E-state index contributed by atoms with van der Waals surface area (Å²) in [5, 5.41) is 8.79. The number of nitrogens with zero attached hydrogens (tertiary/aromatic N) is 2. The Kier molecular flexibility index (Phi) is 4.21. The lowest BCUT2D eigenvalue weighted by Gasteiger charge is -2.15. The second kappa shape index (κ2) is 5.73. The first-order valence-corrected chi connectivity index (χ1v) is 6.22. The molecule has 0 saturated carbocycles. The van der Waals surface area contributed by atoms with Gasteiger partial charge in [0.05, 0.1) is 24.0 Å². The predicted molar refractivity (Wildman–Crippen MR) is 69.1 cm³/mol. The molecule has 0 amide bonds. The summed E-state index contributed by atoms with van der Waals surface area (Å²) in [7, 11) is 0. The number of aromatic nitrogens is 2. The van der Waals surface area contributed by atoms with E-state index in [0.29, 0.717) is 12.1 Å². The number of carboxylic acid groups (broad SMARTS) is 1. The maximum Gasteiger partial charge on any atom is 0.416 e. The molecule has 0 bridgehead atoms. The Morgan fingerprint density at radius 3 is 1.96 bits per heavy atom. The van der Waals surface area contributed by atoms with Crippen molar-refractivity contribution in [2.24, 2.45) is 0 Å². The Balaban J connectivity index is 2.48. The quantitative estimate of drug-likeness (QED) is 0.830. The molecule has 3 N–H and O–H groups in total. The number of hydrogen-bond acceptors (Lipinski definition) is 3. The molecule has 0 unspecified atom stereocenters. The Hall–Kier alpha value is -2.72. The van der Waals surface area contributed by atoms with Gasteiger partial charge >= 0.3 is 18.3 Å². The van der Waals surface area contributed by atoms with Crippen LogP contribution in [-0.2, 0) is 18.9 Å². The first-order valence-electron chi connectivity index (χ1n) is 6.22. The minimum atomic E-state index is -4.97. The molecule has 1 heterocycles. The molecule has 24 heavy (non-hydrogen) atoms. The molecule has 0 radical (unpaired) electrons. The third-order valence-electron chi connectivity index (χ3n) is 3.08. The van der Waals surface area contributed by atoms with Crippen molar-refractivity contribution in [2.75, 3.05) is 5.73 Å². The number of carbonyl (C=O) groups is 1. The number of carboxylic acids is 1. The van der Waals surface area contributed by atoms with Gasteiger partial charge in [0.1, 0.15) is 5.82 Å². The number of benzene rings is 1. The van der Waals surface area contributed by atoms with Crippen LogP contribution in [-0.4, -0.2) is 20.6 Å². The number of anilines is 1. The van der Waals surface area contributed by atoms with Crippen molar-refractivity contribution in [3.63, 3.8) is 0 Å². The van der Waals surface area contributed by atoms with Crippen LogP contribution in [0.2, 0.25) is 0 Å². The number of rotatable bonds is 3. The maximum atomic E-state index is 12.8. The third-order valence-corrected chi connectivity index (χ3v) is 3.08. The number of hydrogen-bond donors (Lipinski definition) is 2. The highest BCUT2D eigenvalue weighted by molar-refractivity contribution is 5.90. The zero-order valence-electron chi connectivity index (χ0n) is 11.6. The van der Waals surface area contributed by atoms with Gasteiger partial charge in [0.2, 0.25) is 0 Å². The summed E-state index contributed by atoms with van der Waals surface area (Å²) >= 11 is 0. The molecule has 2 aromatic rings. The maximum absolute atomic E-state index is 12.8. The Labute approximate surface area is 130 Å². The lowest BCUT2D eigenvalue weighted by atomic mass is 10.0. The highest BCUT2D eigenvalue weighted by atomic mass is 19.4. The molecule has 0 aliphatic rings. The summed E-state index contributed by atoms with van der Waals surface area (Å²) in [6.45, 7) is -0.501. The Morgan fingerprint density at radius 2 is 1.58 bits per heavy atom. The minimum Gasteiger partial charge on any atom is -0.476 e. The fourth-order valence-electron chi connectivity index (χ4n) is 1.99. The van der Waals surface area contributed by atoms with Crippen molar-refractivity contribution in [3.8, 4) is 0 Å². The van der Waals surface area contributed by atoms with Gasteiger partial charge in [0, 0.05) is 0 Å². The molecule has 1 aromatic carbocycles. The standard InChI is InChI=1S/C13H9F6N3O2/c14-12(15,16)7-1-6(2-8(3-7)13(17,18)19)4-22-5-21-9(10(22)20)11(23)24/h1-3,5H,4,20H2,(H,23,24). The molecular weight excluding hydrogens is 344 g/mol. The number of halogens is 6. The van der Waals surface area contributed by atoms with Crippen LogP contribution in [0.4, 0.5) is 32.2 Å². The third kappa shape index (κ3) is 3.60. The van der Waals surface area contributed by atoms with Crippen LogP contribution in [0.25, 0.3) is 0 Å². The highest BCUT2D eigenvalue weighted by Crippen LogP contribution is 2.36. The molecule has 0 aliphatic heterocycles. The summed E-state index contributed by atoms with van der Waals surface area (Å²) < 4.78 is 77.6. The van der Waals surface area contributed by atoms with Gasteiger partial charge in [-0.05, 0) is 23.8 Å². The van der Waals surface area contributed by atoms with Crippen LogP contribution >= 0.6 is 0 Å². The topological polar surface area (TPSA) is 81.1 Å². The summed E-state index contributed by atoms with van der Waals surface area (Å²) in [6.07, 6.45) is -9.02.